The van der Waals surface area contributed by atoms with Crippen LogP contribution in [0.5, 0.6) is 0 Å². The van der Waals surface area contributed by atoms with Crippen LogP contribution in [-0.4, -0.2) is 10.2 Å². The Morgan fingerprint density at radius 1 is 0.607 bits per heavy atom. The van der Waals surface area contributed by atoms with E-state index in [0.29, 0.717) is 0 Å². The van der Waals surface area contributed by atoms with Crippen LogP contribution in [0.15, 0.2) is 66.7 Å². The lowest BCUT2D eigenvalue weighted by atomic mass is 10.00. The topological polar surface area (TPSA) is 25.8 Å². The van der Waals surface area contributed by atoms with Crippen LogP contribution in [0.3, 0.4) is 0 Å². The molecule has 0 atom stereocenters. The molecule has 1 aromatic heterocycles. The number of nitrogens with zero attached hydrogens (tertiary/aromatic N) is 2. The molecular formula is C26H28N2. The van der Waals surface area contributed by atoms with Gasteiger partial charge in [-0.05, 0) is 41.7 Å². The minimum absolute atomic E-state index is 0.956. The second kappa shape index (κ2) is 8.97. The molecule has 3 aromatic carbocycles. The van der Waals surface area contributed by atoms with Crippen molar-refractivity contribution in [1.82, 2.24) is 10.2 Å². The Hall–Kier alpha value is -2.74. The van der Waals surface area contributed by atoms with E-state index in [2.05, 4.69) is 77.8 Å². The Bertz CT molecular complexity index is 1050. The Balaban J connectivity index is 1.53. The van der Waals surface area contributed by atoms with E-state index in [4.69, 9.17) is 0 Å². The highest BCUT2D eigenvalue weighted by Crippen LogP contribution is 2.28. The van der Waals surface area contributed by atoms with E-state index in [1.807, 2.05) is 6.07 Å². The molecule has 4 rings (SSSR count). The van der Waals surface area contributed by atoms with Gasteiger partial charge in [0, 0.05) is 10.8 Å². The van der Waals surface area contributed by atoms with Crippen LogP contribution in [-0.2, 0) is 6.42 Å². The summed E-state index contributed by atoms with van der Waals surface area (Å²) in [4.78, 5) is 0. The minimum Gasteiger partial charge on any atom is -0.150 e. The first-order chi connectivity index (χ1) is 13.8. The number of rotatable bonds is 8. The molecule has 2 nitrogen and oxygen atoms in total. The molecule has 0 saturated heterocycles. The summed E-state index contributed by atoms with van der Waals surface area (Å²) < 4.78 is 0. The lowest BCUT2D eigenvalue weighted by Crippen LogP contribution is -1.92. The van der Waals surface area contributed by atoms with Gasteiger partial charge in [0.1, 0.15) is 0 Å². The average Bonchev–Trinajstić information content (AvgIpc) is 2.76. The largest absolute Gasteiger partial charge is 0.150 e. The zero-order valence-corrected chi connectivity index (χ0v) is 16.7. The van der Waals surface area contributed by atoms with Gasteiger partial charge in [-0.3, -0.25) is 0 Å². The molecule has 0 spiro atoms. The Kier molecular flexibility index (Phi) is 5.96. The molecule has 0 aliphatic carbocycles. The van der Waals surface area contributed by atoms with Gasteiger partial charge in [-0.25, -0.2) is 0 Å². The standard InChI is InChI=1S/C26H28N2/c1-2-3-4-5-6-8-11-20-14-16-23-24-17-15-22(21-12-9-7-10-13-21)19-26(24)28-27-25(23)18-20/h7,9-10,12-19H,2-6,8,11H2,1H3. The first-order valence-electron chi connectivity index (χ1n) is 10.6. The van der Waals surface area contributed by atoms with E-state index in [1.165, 1.54) is 66.0 Å². The van der Waals surface area contributed by atoms with Gasteiger partial charge in [0.15, 0.2) is 0 Å². The van der Waals surface area contributed by atoms with Crippen molar-refractivity contribution >= 4 is 21.8 Å². The van der Waals surface area contributed by atoms with E-state index in [1.54, 1.807) is 0 Å². The van der Waals surface area contributed by atoms with E-state index in [-0.39, 0.29) is 0 Å². The van der Waals surface area contributed by atoms with Crippen LogP contribution in [0.2, 0.25) is 0 Å². The Morgan fingerprint density at radius 2 is 1.29 bits per heavy atom. The minimum atomic E-state index is 0.956. The van der Waals surface area contributed by atoms with Crippen LogP contribution in [0.1, 0.15) is 51.0 Å². The average molecular weight is 369 g/mol. The molecule has 0 fully saturated rings. The van der Waals surface area contributed by atoms with Gasteiger partial charge in [0.2, 0.25) is 0 Å². The Labute approximate surface area is 167 Å². The molecular weight excluding hydrogens is 340 g/mol. The predicted octanol–water partition coefficient (Wildman–Crippen LogP) is 7.35. The molecule has 0 radical (unpaired) electrons. The van der Waals surface area contributed by atoms with Gasteiger partial charge in [0.05, 0.1) is 11.0 Å². The summed E-state index contributed by atoms with van der Waals surface area (Å²) >= 11 is 0. The predicted molar refractivity (Wildman–Crippen MR) is 120 cm³/mol. The number of unbranched alkanes of at least 4 members (excludes halogenated alkanes) is 5. The van der Waals surface area contributed by atoms with Crippen LogP contribution >= 0.6 is 0 Å². The van der Waals surface area contributed by atoms with Crippen LogP contribution < -0.4 is 0 Å². The monoisotopic (exact) mass is 368 g/mol. The third-order valence-corrected chi connectivity index (χ3v) is 5.54. The molecule has 2 heteroatoms. The van der Waals surface area contributed by atoms with Gasteiger partial charge >= 0.3 is 0 Å². The van der Waals surface area contributed by atoms with E-state index < -0.39 is 0 Å². The van der Waals surface area contributed by atoms with Gasteiger partial charge < -0.3 is 0 Å². The van der Waals surface area contributed by atoms with Crippen molar-refractivity contribution in [3.63, 3.8) is 0 Å². The first kappa shape index (κ1) is 18.6. The van der Waals surface area contributed by atoms with Crippen molar-refractivity contribution < 1.29 is 0 Å². The normalized spacial score (nSPS) is 11.3. The molecule has 28 heavy (non-hydrogen) atoms. The summed E-state index contributed by atoms with van der Waals surface area (Å²) in [5.74, 6) is 0. The highest BCUT2D eigenvalue weighted by atomic mass is 15.1. The third kappa shape index (κ3) is 4.22. The maximum atomic E-state index is 4.52. The second-order valence-electron chi connectivity index (χ2n) is 7.67. The molecule has 0 aliphatic rings. The van der Waals surface area contributed by atoms with E-state index in [0.717, 1.165) is 17.5 Å². The molecule has 0 unspecified atom stereocenters. The van der Waals surface area contributed by atoms with Gasteiger partial charge in [-0.2, -0.15) is 0 Å². The highest BCUT2D eigenvalue weighted by molar-refractivity contribution is 6.04. The number of hydrogen-bond acceptors (Lipinski definition) is 2. The molecule has 1 heterocycles. The number of hydrogen-bond donors (Lipinski definition) is 0. The number of fused-ring (bicyclic) bond motifs is 3. The second-order valence-corrected chi connectivity index (χ2v) is 7.67. The lowest BCUT2D eigenvalue weighted by Gasteiger charge is -2.07. The summed E-state index contributed by atoms with van der Waals surface area (Å²) in [6.45, 7) is 2.27. The van der Waals surface area contributed by atoms with Crippen molar-refractivity contribution in [2.75, 3.05) is 0 Å². The third-order valence-electron chi connectivity index (χ3n) is 5.54. The zero-order chi connectivity index (χ0) is 19.2. The summed E-state index contributed by atoms with van der Waals surface area (Å²) in [5.41, 5.74) is 5.72. The van der Waals surface area contributed by atoms with Gasteiger partial charge in [-0.15, -0.1) is 10.2 Å². The summed E-state index contributed by atoms with van der Waals surface area (Å²) in [6, 6.07) is 23.6. The summed E-state index contributed by atoms with van der Waals surface area (Å²) in [6.07, 6.45) is 9.12. The van der Waals surface area contributed by atoms with Crippen molar-refractivity contribution in [1.29, 1.82) is 0 Å². The van der Waals surface area contributed by atoms with Crippen LogP contribution in [0.25, 0.3) is 32.9 Å². The molecule has 0 amide bonds. The first-order valence-corrected chi connectivity index (χ1v) is 10.6. The van der Waals surface area contributed by atoms with Crippen LogP contribution in [0.4, 0.5) is 0 Å². The fraction of sp³-hybridized carbons (Fsp3) is 0.308. The summed E-state index contributed by atoms with van der Waals surface area (Å²) in [5, 5.41) is 11.4. The molecule has 0 bridgehead atoms. The number of benzene rings is 3. The zero-order valence-electron chi connectivity index (χ0n) is 16.7. The van der Waals surface area contributed by atoms with E-state index in [9.17, 15) is 0 Å². The quantitative estimate of drug-likeness (QED) is 0.240. The highest BCUT2D eigenvalue weighted by Gasteiger charge is 2.07. The van der Waals surface area contributed by atoms with Crippen molar-refractivity contribution in [3.05, 3.63) is 72.3 Å². The fourth-order valence-corrected chi connectivity index (χ4v) is 3.91. The van der Waals surface area contributed by atoms with Crippen molar-refractivity contribution in [2.45, 2.75) is 51.9 Å². The van der Waals surface area contributed by atoms with E-state index >= 15 is 0 Å². The number of aromatic nitrogens is 2. The lowest BCUT2D eigenvalue weighted by molar-refractivity contribution is 0.607. The molecule has 0 N–H and O–H groups in total. The molecule has 142 valence electrons. The van der Waals surface area contributed by atoms with Crippen molar-refractivity contribution in [2.24, 2.45) is 0 Å². The fourth-order valence-electron chi connectivity index (χ4n) is 3.91. The van der Waals surface area contributed by atoms with Crippen molar-refractivity contribution in [3.8, 4) is 11.1 Å². The summed E-state index contributed by atoms with van der Waals surface area (Å²) in [7, 11) is 0. The maximum Gasteiger partial charge on any atom is 0.0942 e. The van der Waals surface area contributed by atoms with Crippen LogP contribution in [0, 0.1) is 0 Å². The Morgan fingerprint density at radius 3 is 2.07 bits per heavy atom. The van der Waals surface area contributed by atoms with Gasteiger partial charge in [0.25, 0.3) is 0 Å². The maximum absolute atomic E-state index is 4.52. The molecule has 0 saturated carbocycles. The SMILES string of the molecule is CCCCCCCCc1ccc2c(c1)nnc1cc(-c3ccccc3)ccc12. The molecule has 0 aliphatic heterocycles. The van der Waals surface area contributed by atoms with Gasteiger partial charge in [-0.1, -0.05) is 93.6 Å². The number of aryl methyl sites for hydroxylation is 1. The smallest absolute Gasteiger partial charge is 0.0942 e. The molecule has 4 aromatic rings.